The average Bonchev–Trinajstić information content (AvgIpc) is 2.55. The summed E-state index contributed by atoms with van der Waals surface area (Å²) in [7, 11) is 0. The largest absolute Gasteiger partial charge is 0.478 e. The molecule has 1 amide bonds. The summed E-state index contributed by atoms with van der Waals surface area (Å²) in [4.78, 5) is 32.2. The van der Waals surface area contributed by atoms with Gasteiger partial charge in [0.15, 0.2) is 5.16 Å². The van der Waals surface area contributed by atoms with Crippen molar-refractivity contribution in [1.29, 1.82) is 0 Å². The Morgan fingerprint density at radius 1 is 1.16 bits per heavy atom. The molecule has 0 atom stereocenters. The number of anilines is 1. The van der Waals surface area contributed by atoms with E-state index >= 15 is 0 Å². The number of carboxylic acids is 1. The van der Waals surface area contributed by atoms with Crippen LogP contribution in [0.25, 0.3) is 0 Å². The summed E-state index contributed by atoms with van der Waals surface area (Å²) in [5.74, 6) is -1.19. The lowest BCUT2D eigenvalue weighted by molar-refractivity contribution is -0.116. The highest BCUT2D eigenvalue weighted by Gasteiger charge is 2.12. The maximum Gasteiger partial charge on any atom is 0.335 e. The standard InChI is InChI=1S/C18H21N3O3S/c1-10-5-6-13(17(23)24)9-15(10)21-16(22)8-7-14-11(2)19-18(25-4)20-12(14)3/h5-6,9H,7-8H2,1-4H3,(H,21,22)(H,23,24). The van der Waals surface area contributed by atoms with E-state index in [9.17, 15) is 9.59 Å². The van der Waals surface area contributed by atoms with Crippen LogP contribution >= 0.6 is 11.8 Å². The monoisotopic (exact) mass is 359 g/mol. The number of thioether (sulfide) groups is 1. The van der Waals surface area contributed by atoms with Crippen molar-refractivity contribution < 1.29 is 14.7 Å². The van der Waals surface area contributed by atoms with E-state index in [4.69, 9.17) is 5.11 Å². The van der Waals surface area contributed by atoms with Crippen LogP contribution in [0.3, 0.4) is 0 Å². The number of carbonyl (C=O) groups is 2. The van der Waals surface area contributed by atoms with E-state index in [0.717, 1.165) is 27.7 Å². The Kier molecular flexibility index (Phi) is 6.14. The number of benzene rings is 1. The lowest BCUT2D eigenvalue weighted by Gasteiger charge is -2.12. The van der Waals surface area contributed by atoms with Crippen LogP contribution in [0.15, 0.2) is 23.4 Å². The number of hydrogen-bond acceptors (Lipinski definition) is 5. The van der Waals surface area contributed by atoms with Gasteiger partial charge in [0.05, 0.1) is 5.56 Å². The van der Waals surface area contributed by atoms with Crippen molar-refractivity contribution >= 4 is 29.3 Å². The summed E-state index contributed by atoms with van der Waals surface area (Å²) >= 11 is 1.49. The number of aryl methyl sites for hydroxylation is 3. The molecule has 2 N–H and O–H groups in total. The zero-order valence-electron chi connectivity index (χ0n) is 14.7. The molecule has 0 spiro atoms. The van der Waals surface area contributed by atoms with E-state index < -0.39 is 5.97 Å². The molecule has 1 aromatic carbocycles. The minimum atomic E-state index is -1.02. The minimum absolute atomic E-state index is 0.147. The summed E-state index contributed by atoms with van der Waals surface area (Å²) in [6.07, 6.45) is 2.74. The summed E-state index contributed by atoms with van der Waals surface area (Å²) in [5, 5.41) is 12.6. The maximum absolute atomic E-state index is 12.3. The van der Waals surface area contributed by atoms with Crippen molar-refractivity contribution in [2.24, 2.45) is 0 Å². The second-order valence-corrected chi connectivity index (χ2v) is 6.52. The number of rotatable bonds is 6. The molecule has 2 aromatic rings. The van der Waals surface area contributed by atoms with Crippen LogP contribution in [0.5, 0.6) is 0 Å². The Labute approximate surface area is 151 Å². The number of nitrogens with zero attached hydrogens (tertiary/aromatic N) is 2. The highest BCUT2D eigenvalue weighted by molar-refractivity contribution is 7.98. The van der Waals surface area contributed by atoms with Gasteiger partial charge >= 0.3 is 5.97 Å². The lowest BCUT2D eigenvalue weighted by Crippen LogP contribution is -2.15. The Hall–Kier alpha value is -2.41. The van der Waals surface area contributed by atoms with Gasteiger partial charge in [-0.25, -0.2) is 14.8 Å². The fraction of sp³-hybridized carbons (Fsp3) is 0.333. The first-order chi connectivity index (χ1) is 11.8. The zero-order valence-corrected chi connectivity index (χ0v) is 15.5. The van der Waals surface area contributed by atoms with Crippen LogP contribution in [-0.4, -0.2) is 33.2 Å². The van der Waals surface area contributed by atoms with Crippen LogP contribution in [0.2, 0.25) is 0 Å². The molecule has 6 nitrogen and oxygen atoms in total. The SMILES string of the molecule is CSc1nc(C)c(CCC(=O)Nc2cc(C(=O)O)ccc2C)c(C)n1. The topological polar surface area (TPSA) is 92.2 Å². The van der Waals surface area contributed by atoms with Gasteiger partial charge in [0.25, 0.3) is 0 Å². The Morgan fingerprint density at radius 3 is 2.36 bits per heavy atom. The molecule has 1 heterocycles. The number of hydrogen-bond donors (Lipinski definition) is 2. The van der Waals surface area contributed by atoms with Gasteiger partial charge in [-0.1, -0.05) is 17.8 Å². The fourth-order valence-electron chi connectivity index (χ4n) is 2.50. The van der Waals surface area contributed by atoms with Crippen LogP contribution < -0.4 is 5.32 Å². The fourth-order valence-corrected chi connectivity index (χ4v) is 2.96. The second-order valence-electron chi connectivity index (χ2n) is 5.74. The van der Waals surface area contributed by atoms with Crippen molar-refractivity contribution in [3.05, 3.63) is 46.3 Å². The van der Waals surface area contributed by atoms with Crippen LogP contribution in [0.1, 0.15) is 39.3 Å². The van der Waals surface area contributed by atoms with Crippen LogP contribution in [-0.2, 0) is 11.2 Å². The molecule has 0 aliphatic carbocycles. The number of aromatic nitrogens is 2. The molecule has 0 saturated carbocycles. The highest BCUT2D eigenvalue weighted by Crippen LogP contribution is 2.19. The summed E-state index contributed by atoms with van der Waals surface area (Å²) in [6.45, 7) is 5.66. The number of carbonyl (C=O) groups excluding carboxylic acids is 1. The van der Waals surface area contributed by atoms with E-state index in [1.54, 1.807) is 6.07 Å². The van der Waals surface area contributed by atoms with Gasteiger partial charge in [-0.15, -0.1) is 0 Å². The molecule has 0 saturated heterocycles. The van der Waals surface area contributed by atoms with Crippen molar-refractivity contribution in [1.82, 2.24) is 9.97 Å². The third kappa shape index (κ3) is 4.79. The zero-order chi connectivity index (χ0) is 18.6. The first kappa shape index (κ1) is 18.9. The molecule has 0 bridgehead atoms. The third-order valence-corrected chi connectivity index (χ3v) is 4.49. The number of aromatic carboxylic acids is 1. The van der Waals surface area contributed by atoms with Crippen molar-refractivity contribution in [2.75, 3.05) is 11.6 Å². The van der Waals surface area contributed by atoms with Gasteiger partial charge in [0.1, 0.15) is 0 Å². The Morgan fingerprint density at radius 2 is 1.80 bits per heavy atom. The molecular weight excluding hydrogens is 338 g/mol. The number of carboxylic acid groups (broad SMARTS) is 1. The first-order valence-electron chi connectivity index (χ1n) is 7.83. The number of amides is 1. The van der Waals surface area contributed by atoms with E-state index in [0.29, 0.717) is 12.1 Å². The predicted molar refractivity (Wildman–Crippen MR) is 98.4 cm³/mol. The van der Waals surface area contributed by atoms with Gasteiger partial charge in [-0.3, -0.25) is 4.79 Å². The Balaban J connectivity index is 2.07. The molecule has 25 heavy (non-hydrogen) atoms. The van der Waals surface area contributed by atoms with E-state index in [-0.39, 0.29) is 17.9 Å². The summed E-state index contributed by atoms with van der Waals surface area (Å²) in [6, 6.07) is 4.68. The minimum Gasteiger partial charge on any atom is -0.478 e. The maximum atomic E-state index is 12.3. The van der Waals surface area contributed by atoms with E-state index in [1.165, 1.54) is 23.9 Å². The molecule has 2 rings (SSSR count). The third-order valence-electron chi connectivity index (χ3n) is 3.94. The molecular formula is C18H21N3O3S. The second kappa shape index (κ2) is 8.11. The average molecular weight is 359 g/mol. The summed E-state index contributed by atoms with van der Waals surface area (Å²) < 4.78 is 0. The first-order valence-corrected chi connectivity index (χ1v) is 9.06. The van der Waals surface area contributed by atoms with Gasteiger partial charge in [-0.2, -0.15) is 0 Å². The normalized spacial score (nSPS) is 10.6. The summed E-state index contributed by atoms with van der Waals surface area (Å²) in [5.41, 5.74) is 4.23. The Bertz CT molecular complexity index is 798. The number of nitrogens with one attached hydrogen (secondary N) is 1. The van der Waals surface area contributed by atoms with Gasteiger partial charge in [0, 0.05) is 23.5 Å². The van der Waals surface area contributed by atoms with Crippen LogP contribution in [0.4, 0.5) is 5.69 Å². The van der Waals surface area contributed by atoms with Crippen molar-refractivity contribution in [3.8, 4) is 0 Å². The lowest BCUT2D eigenvalue weighted by atomic mass is 10.1. The highest BCUT2D eigenvalue weighted by atomic mass is 32.2. The van der Waals surface area contributed by atoms with E-state index in [2.05, 4.69) is 15.3 Å². The van der Waals surface area contributed by atoms with Crippen molar-refractivity contribution in [3.63, 3.8) is 0 Å². The molecule has 0 aliphatic heterocycles. The van der Waals surface area contributed by atoms with Crippen LogP contribution in [0, 0.1) is 20.8 Å². The van der Waals surface area contributed by atoms with Gasteiger partial charge in [-0.05, 0) is 56.7 Å². The van der Waals surface area contributed by atoms with Gasteiger partial charge in [0.2, 0.25) is 5.91 Å². The van der Waals surface area contributed by atoms with Gasteiger partial charge < -0.3 is 10.4 Å². The molecule has 1 aromatic heterocycles. The predicted octanol–water partition coefficient (Wildman–Crippen LogP) is 3.39. The van der Waals surface area contributed by atoms with E-state index in [1.807, 2.05) is 27.0 Å². The molecule has 0 radical (unpaired) electrons. The molecule has 7 heteroatoms. The molecule has 0 fully saturated rings. The van der Waals surface area contributed by atoms with Crippen molar-refractivity contribution in [2.45, 2.75) is 38.8 Å². The smallest absolute Gasteiger partial charge is 0.335 e. The molecule has 132 valence electrons. The molecule has 0 aliphatic rings. The quantitative estimate of drug-likeness (QED) is 0.607. The molecule has 0 unspecified atom stereocenters.